The zero-order valence-corrected chi connectivity index (χ0v) is 16.3. The van der Waals surface area contributed by atoms with Gasteiger partial charge in [0.15, 0.2) is 5.16 Å². The van der Waals surface area contributed by atoms with Crippen molar-refractivity contribution in [1.29, 1.82) is 0 Å². The third-order valence-corrected chi connectivity index (χ3v) is 5.87. The van der Waals surface area contributed by atoms with E-state index in [9.17, 15) is 8.78 Å². The molecule has 1 aliphatic rings. The minimum atomic E-state index is -2.81. The Kier molecular flexibility index (Phi) is 5.62. The molecule has 3 aromatic rings. The Balaban J connectivity index is 1.52. The first kappa shape index (κ1) is 18.9. The van der Waals surface area contributed by atoms with Crippen LogP contribution in [0.4, 0.5) is 8.78 Å². The summed E-state index contributed by atoms with van der Waals surface area (Å²) in [5.74, 6) is 1.73. The van der Waals surface area contributed by atoms with Crippen molar-refractivity contribution in [3.05, 3.63) is 71.5 Å². The summed E-state index contributed by atoms with van der Waals surface area (Å²) in [5, 5.41) is 9.89. The van der Waals surface area contributed by atoms with Gasteiger partial charge < -0.3 is 9.30 Å². The van der Waals surface area contributed by atoms with E-state index < -0.39 is 6.61 Å². The molecule has 0 saturated heterocycles. The first-order chi connectivity index (χ1) is 13.6. The van der Waals surface area contributed by atoms with E-state index >= 15 is 0 Å². The lowest BCUT2D eigenvalue weighted by molar-refractivity contribution is -0.0498. The highest BCUT2D eigenvalue weighted by atomic mass is 32.2. The van der Waals surface area contributed by atoms with Crippen molar-refractivity contribution in [3.63, 3.8) is 0 Å². The second-order valence-electron chi connectivity index (χ2n) is 6.89. The molecular formula is C21H21F2N3OS. The molecule has 4 nitrogen and oxygen atoms in total. The maximum Gasteiger partial charge on any atom is 0.387 e. The molecular weight excluding hydrogens is 380 g/mol. The summed E-state index contributed by atoms with van der Waals surface area (Å²) in [6.45, 7) is 0.0111. The second kappa shape index (κ2) is 8.31. The Labute approximate surface area is 166 Å². The normalized spacial score (nSPS) is 15.0. The van der Waals surface area contributed by atoms with Crippen molar-refractivity contribution in [3.8, 4) is 5.75 Å². The minimum absolute atomic E-state index is 0.103. The minimum Gasteiger partial charge on any atom is -0.435 e. The number of thioether (sulfide) groups is 1. The molecule has 0 amide bonds. The summed E-state index contributed by atoms with van der Waals surface area (Å²) in [4.78, 5) is 0. The van der Waals surface area contributed by atoms with Crippen LogP contribution in [-0.2, 0) is 6.54 Å². The maximum absolute atomic E-state index is 12.3. The van der Waals surface area contributed by atoms with Crippen molar-refractivity contribution >= 4 is 11.8 Å². The first-order valence-electron chi connectivity index (χ1n) is 9.28. The molecule has 0 bridgehead atoms. The summed E-state index contributed by atoms with van der Waals surface area (Å²) >= 11 is 1.63. The molecule has 0 unspecified atom stereocenters. The molecule has 1 fully saturated rings. The third kappa shape index (κ3) is 4.52. The summed E-state index contributed by atoms with van der Waals surface area (Å²) in [6.07, 6.45) is 2.33. The molecule has 0 N–H and O–H groups in total. The van der Waals surface area contributed by atoms with Crippen LogP contribution in [0.1, 0.15) is 47.9 Å². The Hall–Kier alpha value is -2.41. The Morgan fingerprint density at radius 2 is 1.79 bits per heavy atom. The van der Waals surface area contributed by atoms with Gasteiger partial charge in [0.05, 0.1) is 6.54 Å². The van der Waals surface area contributed by atoms with Crippen molar-refractivity contribution < 1.29 is 13.5 Å². The number of hydrogen-bond donors (Lipinski definition) is 0. The lowest BCUT2D eigenvalue weighted by Gasteiger charge is -2.14. The molecule has 7 heteroatoms. The SMILES string of the molecule is C[C@H](Sc1nnc(C2CC2)n1Cc1ccccc1)c1ccc(OC(F)F)cc1. The number of alkyl halides is 2. The van der Waals surface area contributed by atoms with Crippen molar-refractivity contribution in [2.75, 3.05) is 0 Å². The zero-order chi connectivity index (χ0) is 19.5. The van der Waals surface area contributed by atoms with Crippen LogP contribution < -0.4 is 4.74 Å². The van der Waals surface area contributed by atoms with Crippen molar-refractivity contribution in [1.82, 2.24) is 14.8 Å². The molecule has 0 radical (unpaired) electrons. The molecule has 0 spiro atoms. The summed E-state index contributed by atoms with van der Waals surface area (Å²) in [5.41, 5.74) is 2.24. The fourth-order valence-electron chi connectivity index (χ4n) is 3.09. The third-order valence-electron chi connectivity index (χ3n) is 4.73. The molecule has 1 heterocycles. The number of halogens is 2. The van der Waals surface area contributed by atoms with Gasteiger partial charge in [-0.25, -0.2) is 0 Å². The first-order valence-corrected chi connectivity index (χ1v) is 10.2. The largest absolute Gasteiger partial charge is 0.435 e. The van der Waals surface area contributed by atoms with Gasteiger partial charge in [0.25, 0.3) is 0 Å². The van der Waals surface area contributed by atoms with Crippen LogP contribution in [0.2, 0.25) is 0 Å². The Morgan fingerprint density at radius 1 is 1.07 bits per heavy atom. The van der Waals surface area contributed by atoms with Crippen LogP contribution in [0.3, 0.4) is 0 Å². The average Bonchev–Trinajstić information content (AvgIpc) is 3.46. The molecule has 2 aromatic carbocycles. The van der Waals surface area contributed by atoms with E-state index in [0.29, 0.717) is 5.92 Å². The summed E-state index contributed by atoms with van der Waals surface area (Å²) in [6, 6.07) is 17.1. The fourth-order valence-corrected chi connectivity index (χ4v) is 4.07. The van der Waals surface area contributed by atoms with Gasteiger partial charge in [-0.2, -0.15) is 8.78 Å². The summed E-state index contributed by atoms with van der Waals surface area (Å²) in [7, 11) is 0. The highest BCUT2D eigenvalue weighted by Crippen LogP contribution is 2.42. The number of aromatic nitrogens is 3. The van der Waals surface area contributed by atoms with Gasteiger partial charge in [-0.1, -0.05) is 54.2 Å². The number of ether oxygens (including phenoxy) is 1. The molecule has 1 aliphatic carbocycles. The molecule has 1 atom stereocenters. The highest BCUT2D eigenvalue weighted by Gasteiger charge is 2.30. The fraction of sp³-hybridized carbons (Fsp3) is 0.333. The summed E-state index contributed by atoms with van der Waals surface area (Å²) < 4.78 is 31.3. The van der Waals surface area contributed by atoms with Gasteiger partial charge in [-0.05, 0) is 43.0 Å². The Bertz CT molecular complexity index is 911. The number of rotatable bonds is 8. The van der Waals surface area contributed by atoms with Crippen LogP contribution >= 0.6 is 11.8 Å². The van der Waals surface area contributed by atoms with E-state index in [-0.39, 0.29) is 11.0 Å². The van der Waals surface area contributed by atoms with Crippen molar-refractivity contribution in [2.45, 2.75) is 49.2 Å². The molecule has 4 rings (SSSR count). The van der Waals surface area contributed by atoms with E-state index in [1.165, 1.54) is 18.4 Å². The second-order valence-corrected chi connectivity index (χ2v) is 8.20. The molecule has 28 heavy (non-hydrogen) atoms. The molecule has 1 aromatic heterocycles. The van der Waals surface area contributed by atoms with Gasteiger partial charge in [0, 0.05) is 11.2 Å². The molecule has 1 saturated carbocycles. The molecule has 0 aliphatic heterocycles. The van der Waals surface area contributed by atoms with Gasteiger partial charge in [-0.15, -0.1) is 10.2 Å². The van der Waals surface area contributed by atoms with Crippen molar-refractivity contribution in [2.24, 2.45) is 0 Å². The predicted octanol–water partition coefficient (Wildman–Crippen LogP) is 5.66. The van der Waals surface area contributed by atoms with Gasteiger partial charge in [-0.3, -0.25) is 0 Å². The number of nitrogens with zero attached hydrogens (tertiary/aromatic N) is 3. The van der Waals surface area contributed by atoms with E-state index in [0.717, 1.165) is 23.1 Å². The zero-order valence-electron chi connectivity index (χ0n) is 15.5. The van der Waals surface area contributed by atoms with Gasteiger partial charge in [0.1, 0.15) is 11.6 Å². The van der Waals surface area contributed by atoms with Crippen LogP contribution in [0.5, 0.6) is 5.75 Å². The smallest absolute Gasteiger partial charge is 0.387 e. The van der Waals surface area contributed by atoms with Gasteiger partial charge in [0.2, 0.25) is 0 Å². The highest BCUT2D eigenvalue weighted by molar-refractivity contribution is 7.99. The monoisotopic (exact) mass is 401 g/mol. The van der Waals surface area contributed by atoms with Crippen LogP contribution in [0.25, 0.3) is 0 Å². The van der Waals surface area contributed by atoms with Gasteiger partial charge >= 0.3 is 6.61 Å². The van der Waals surface area contributed by atoms with E-state index in [4.69, 9.17) is 0 Å². The van der Waals surface area contributed by atoms with Crippen LogP contribution in [0.15, 0.2) is 59.8 Å². The lowest BCUT2D eigenvalue weighted by Crippen LogP contribution is -2.06. The quantitative estimate of drug-likeness (QED) is 0.457. The maximum atomic E-state index is 12.3. The van der Waals surface area contributed by atoms with Crippen LogP contribution in [-0.4, -0.2) is 21.4 Å². The lowest BCUT2D eigenvalue weighted by atomic mass is 10.2. The Morgan fingerprint density at radius 3 is 2.43 bits per heavy atom. The van der Waals surface area contributed by atoms with Crippen LogP contribution in [0, 0.1) is 0 Å². The topological polar surface area (TPSA) is 39.9 Å². The number of benzene rings is 2. The van der Waals surface area contributed by atoms with E-state index in [1.54, 1.807) is 23.9 Å². The standard InChI is InChI=1S/C21H21F2N3OS/c1-14(16-9-11-18(12-10-16)27-20(22)23)28-21-25-24-19(17-7-8-17)26(21)13-15-5-3-2-4-6-15/h2-6,9-12,14,17,20H,7-8,13H2,1H3/t14-/m0/s1. The van der Waals surface area contributed by atoms with E-state index in [2.05, 4.69) is 38.6 Å². The number of hydrogen-bond acceptors (Lipinski definition) is 4. The predicted molar refractivity (Wildman–Crippen MR) is 105 cm³/mol. The molecule has 146 valence electrons. The average molecular weight is 401 g/mol. The van der Waals surface area contributed by atoms with E-state index in [1.807, 2.05) is 30.3 Å².